The van der Waals surface area contributed by atoms with Gasteiger partial charge in [0, 0.05) is 17.4 Å². The molecule has 5 heteroatoms. The van der Waals surface area contributed by atoms with Crippen LogP contribution in [0.1, 0.15) is 20.8 Å². The summed E-state index contributed by atoms with van der Waals surface area (Å²) in [6.45, 7) is 0. The predicted molar refractivity (Wildman–Crippen MR) is 95.4 cm³/mol. The van der Waals surface area contributed by atoms with Crippen molar-refractivity contribution in [3.63, 3.8) is 0 Å². The van der Waals surface area contributed by atoms with Gasteiger partial charge >= 0.3 is 5.97 Å². The topological polar surface area (TPSA) is 68.3 Å². The van der Waals surface area contributed by atoms with Crippen molar-refractivity contribution in [3.8, 4) is 11.1 Å². The van der Waals surface area contributed by atoms with Gasteiger partial charge in [-0.15, -0.1) is 0 Å². The van der Waals surface area contributed by atoms with Crippen LogP contribution in [0.3, 0.4) is 0 Å². The van der Waals surface area contributed by atoms with Crippen molar-refractivity contribution in [2.24, 2.45) is 0 Å². The summed E-state index contributed by atoms with van der Waals surface area (Å²) in [5.74, 6) is -0.839. The molecule has 5 nitrogen and oxygen atoms in total. The fourth-order valence-electron chi connectivity index (χ4n) is 2.41. The van der Waals surface area contributed by atoms with Crippen LogP contribution >= 0.6 is 0 Å². The second kappa shape index (κ2) is 7.40. The standard InChI is InChI=1S/C20H16N2O3/c1-25-20(24)15-11-12-18(21-13-15)19(23)22-17-10-6-5-9-16(17)14-7-3-2-4-8-14/h2-13H,1H3,(H,22,23). The molecular weight excluding hydrogens is 316 g/mol. The number of nitrogens with one attached hydrogen (secondary N) is 1. The molecule has 0 aliphatic heterocycles. The molecule has 1 amide bonds. The molecule has 0 aliphatic rings. The highest BCUT2D eigenvalue weighted by Crippen LogP contribution is 2.27. The number of aromatic nitrogens is 1. The molecule has 0 fully saturated rings. The van der Waals surface area contributed by atoms with Crippen LogP contribution < -0.4 is 5.32 Å². The minimum Gasteiger partial charge on any atom is -0.465 e. The third kappa shape index (κ3) is 3.72. The lowest BCUT2D eigenvalue weighted by Crippen LogP contribution is -2.15. The number of hydrogen-bond donors (Lipinski definition) is 1. The molecule has 0 bridgehead atoms. The van der Waals surface area contributed by atoms with E-state index in [0.717, 1.165) is 11.1 Å². The Morgan fingerprint density at radius 3 is 2.32 bits per heavy atom. The molecule has 25 heavy (non-hydrogen) atoms. The maximum absolute atomic E-state index is 12.5. The van der Waals surface area contributed by atoms with Gasteiger partial charge in [-0.3, -0.25) is 9.78 Å². The number of carbonyl (C=O) groups excluding carboxylic acids is 2. The molecule has 0 atom stereocenters. The first-order valence-electron chi connectivity index (χ1n) is 7.69. The van der Waals surface area contributed by atoms with Gasteiger partial charge in [0.1, 0.15) is 5.69 Å². The molecule has 0 saturated heterocycles. The smallest absolute Gasteiger partial charge is 0.339 e. The van der Waals surface area contributed by atoms with E-state index >= 15 is 0 Å². The largest absolute Gasteiger partial charge is 0.465 e. The van der Waals surface area contributed by atoms with E-state index in [-0.39, 0.29) is 11.6 Å². The number of carbonyl (C=O) groups is 2. The van der Waals surface area contributed by atoms with E-state index in [4.69, 9.17) is 0 Å². The van der Waals surface area contributed by atoms with Crippen molar-refractivity contribution >= 4 is 17.6 Å². The van der Waals surface area contributed by atoms with Gasteiger partial charge in [-0.1, -0.05) is 48.5 Å². The zero-order valence-corrected chi connectivity index (χ0v) is 13.6. The fraction of sp³-hybridized carbons (Fsp3) is 0.0500. The highest BCUT2D eigenvalue weighted by Gasteiger charge is 2.13. The summed E-state index contributed by atoms with van der Waals surface area (Å²) in [5.41, 5.74) is 3.13. The van der Waals surface area contributed by atoms with E-state index in [1.54, 1.807) is 0 Å². The van der Waals surface area contributed by atoms with Gasteiger partial charge in [0.15, 0.2) is 0 Å². The molecule has 2 aromatic carbocycles. The van der Waals surface area contributed by atoms with Gasteiger partial charge < -0.3 is 10.1 Å². The fourth-order valence-corrected chi connectivity index (χ4v) is 2.41. The average Bonchev–Trinajstić information content (AvgIpc) is 2.68. The summed E-state index contributed by atoms with van der Waals surface area (Å²) in [7, 11) is 1.30. The zero-order chi connectivity index (χ0) is 17.6. The Morgan fingerprint density at radius 2 is 1.64 bits per heavy atom. The number of anilines is 1. The quantitative estimate of drug-likeness (QED) is 0.738. The monoisotopic (exact) mass is 332 g/mol. The number of esters is 1. The first-order chi connectivity index (χ1) is 12.2. The molecule has 0 spiro atoms. The molecule has 0 unspecified atom stereocenters. The lowest BCUT2D eigenvalue weighted by Gasteiger charge is -2.11. The number of rotatable bonds is 4. The van der Waals surface area contributed by atoms with Crippen molar-refractivity contribution in [2.45, 2.75) is 0 Å². The first-order valence-corrected chi connectivity index (χ1v) is 7.69. The summed E-state index contributed by atoms with van der Waals surface area (Å²) in [5, 5.41) is 2.87. The van der Waals surface area contributed by atoms with E-state index in [0.29, 0.717) is 11.3 Å². The van der Waals surface area contributed by atoms with E-state index in [1.165, 1.54) is 25.4 Å². The first kappa shape index (κ1) is 16.4. The van der Waals surface area contributed by atoms with E-state index in [9.17, 15) is 9.59 Å². The van der Waals surface area contributed by atoms with Crippen LogP contribution in [0.4, 0.5) is 5.69 Å². The number of para-hydroxylation sites is 1. The van der Waals surface area contributed by atoms with Crippen LogP contribution in [0, 0.1) is 0 Å². The number of amides is 1. The second-order valence-corrected chi connectivity index (χ2v) is 5.29. The number of methoxy groups -OCH3 is 1. The Hall–Kier alpha value is -3.47. The van der Waals surface area contributed by atoms with Gasteiger partial charge in [0.25, 0.3) is 5.91 Å². The minimum absolute atomic E-state index is 0.218. The molecule has 1 N–H and O–H groups in total. The maximum Gasteiger partial charge on any atom is 0.339 e. The van der Waals surface area contributed by atoms with Crippen molar-refractivity contribution < 1.29 is 14.3 Å². The summed E-state index contributed by atoms with van der Waals surface area (Å²) in [4.78, 5) is 27.9. The Morgan fingerprint density at radius 1 is 0.920 bits per heavy atom. The van der Waals surface area contributed by atoms with Crippen LogP contribution in [0.5, 0.6) is 0 Å². The molecule has 1 heterocycles. The predicted octanol–water partition coefficient (Wildman–Crippen LogP) is 3.79. The summed E-state index contributed by atoms with van der Waals surface area (Å²) in [6.07, 6.45) is 1.32. The van der Waals surface area contributed by atoms with Crippen molar-refractivity contribution in [2.75, 3.05) is 12.4 Å². The number of hydrogen-bond acceptors (Lipinski definition) is 4. The van der Waals surface area contributed by atoms with Crippen LogP contribution in [-0.2, 0) is 4.74 Å². The summed E-state index contributed by atoms with van der Waals surface area (Å²) in [6, 6.07) is 20.4. The van der Waals surface area contributed by atoms with E-state index in [2.05, 4.69) is 15.0 Å². The summed E-state index contributed by atoms with van der Waals surface area (Å²) < 4.78 is 4.62. The van der Waals surface area contributed by atoms with Crippen molar-refractivity contribution in [1.29, 1.82) is 0 Å². The Kier molecular flexibility index (Phi) is 4.85. The maximum atomic E-state index is 12.5. The Bertz CT molecular complexity index is 890. The summed E-state index contributed by atoms with van der Waals surface area (Å²) >= 11 is 0. The van der Waals surface area contributed by atoms with Gasteiger partial charge in [-0.25, -0.2) is 4.79 Å². The second-order valence-electron chi connectivity index (χ2n) is 5.29. The van der Waals surface area contributed by atoms with E-state index in [1.807, 2.05) is 54.6 Å². The third-order valence-corrected chi connectivity index (χ3v) is 3.68. The normalized spacial score (nSPS) is 10.1. The number of ether oxygens (including phenoxy) is 1. The molecule has 3 aromatic rings. The lowest BCUT2D eigenvalue weighted by molar-refractivity contribution is 0.0600. The molecule has 0 saturated carbocycles. The van der Waals surface area contributed by atoms with E-state index < -0.39 is 5.97 Å². The number of pyridine rings is 1. The van der Waals surface area contributed by atoms with Crippen LogP contribution in [0.2, 0.25) is 0 Å². The number of benzene rings is 2. The van der Waals surface area contributed by atoms with Crippen molar-refractivity contribution in [3.05, 3.63) is 84.2 Å². The van der Waals surface area contributed by atoms with Gasteiger partial charge in [0.2, 0.25) is 0 Å². The highest BCUT2D eigenvalue weighted by atomic mass is 16.5. The van der Waals surface area contributed by atoms with Crippen molar-refractivity contribution in [1.82, 2.24) is 4.98 Å². The van der Waals surface area contributed by atoms with Crippen LogP contribution in [-0.4, -0.2) is 24.0 Å². The van der Waals surface area contributed by atoms with Crippen LogP contribution in [0.25, 0.3) is 11.1 Å². The Labute approximate surface area is 145 Å². The molecule has 0 aliphatic carbocycles. The minimum atomic E-state index is -0.492. The molecule has 0 radical (unpaired) electrons. The Balaban J connectivity index is 1.83. The van der Waals surface area contributed by atoms with Gasteiger partial charge in [0.05, 0.1) is 12.7 Å². The number of nitrogens with zero attached hydrogens (tertiary/aromatic N) is 1. The molecule has 3 rings (SSSR count). The molecular formula is C20H16N2O3. The average molecular weight is 332 g/mol. The zero-order valence-electron chi connectivity index (χ0n) is 13.6. The highest BCUT2D eigenvalue weighted by molar-refractivity contribution is 6.05. The molecule has 124 valence electrons. The lowest BCUT2D eigenvalue weighted by atomic mass is 10.0. The molecule has 1 aromatic heterocycles. The SMILES string of the molecule is COC(=O)c1ccc(C(=O)Nc2ccccc2-c2ccccc2)nc1. The van der Waals surface area contributed by atoms with Gasteiger partial charge in [-0.05, 0) is 23.8 Å². The van der Waals surface area contributed by atoms with Gasteiger partial charge in [-0.2, -0.15) is 0 Å². The third-order valence-electron chi connectivity index (χ3n) is 3.68. The van der Waals surface area contributed by atoms with Crippen LogP contribution in [0.15, 0.2) is 72.9 Å².